The Bertz CT molecular complexity index is 678. The molecule has 2 aromatic carbocycles. The van der Waals surface area contributed by atoms with E-state index in [1.54, 1.807) is 0 Å². The third-order valence-electron chi connectivity index (χ3n) is 2.82. The zero-order valence-corrected chi connectivity index (χ0v) is 12.0. The van der Waals surface area contributed by atoms with E-state index in [0.717, 1.165) is 5.56 Å². The largest absolute Gasteiger partial charge is 0.435 e. The Labute approximate surface area is 131 Å². The van der Waals surface area contributed by atoms with Crippen molar-refractivity contribution in [3.8, 4) is 5.75 Å². The normalized spacial score (nSPS) is 10.2. The number of amides is 2. The van der Waals surface area contributed by atoms with E-state index in [2.05, 4.69) is 15.4 Å². The van der Waals surface area contributed by atoms with E-state index in [9.17, 15) is 18.4 Å². The minimum absolute atomic E-state index is 0.109. The number of hydrogen-bond acceptors (Lipinski definition) is 3. The van der Waals surface area contributed by atoms with Gasteiger partial charge in [-0.05, 0) is 17.7 Å². The quantitative estimate of drug-likeness (QED) is 0.832. The summed E-state index contributed by atoms with van der Waals surface area (Å²) in [5.41, 5.74) is 1.03. The van der Waals surface area contributed by atoms with Crippen LogP contribution in [0.3, 0.4) is 0 Å². The second-order valence-corrected chi connectivity index (χ2v) is 4.53. The highest BCUT2D eigenvalue weighted by atomic mass is 19.3. The molecule has 0 saturated heterocycles. The van der Waals surface area contributed by atoms with E-state index in [-0.39, 0.29) is 18.0 Å². The standard InChI is InChI=1S/C16H14F2N2O3/c17-16(18)23-13-8-4-7-12(9-13)20-15(22)14(21)19-10-11-5-2-1-3-6-11/h1-9,16H,10H2,(H,19,21)(H,20,22). The van der Waals surface area contributed by atoms with Gasteiger partial charge in [0, 0.05) is 18.3 Å². The Balaban J connectivity index is 1.89. The first kappa shape index (κ1) is 16.4. The van der Waals surface area contributed by atoms with Crippen molar-refractivity contribution in [3.05, 3.63) is 60.2 Å². The predicted octanol–water partition coefficient (Wildman–Crippen LogP) is 2.54. The van der Waals surface area contributed by atoms with Gasteiger partial charge in [0.1, 0.15) is 5.75 Å². The lowest BCUT2D eigenvalue weighted by molar-refractivity contribution is -0.136. The van der Waals surface area contributed by atoms with Crippen molar-refractivity contribution < 1.29 is 23.1 Å². The third kappa shape index (κ3) is 5.39. The monoisotopic (exact) mass is 320 g/mol. The van der Waals surface area contributed by atoms with Crippen LogP contribution in [-0.2, 0) is 16.1 Å². The third-order valence-corrected chi connectivity index (χ3v) is 2.82. The van der Waals surface area contributed by atoms with Gasteiger partial charge in [0.25, 0.3) is 0 Å². The summed E-state index contributed by atoms with van der Waals surface area (Å²) >= 11 is 0. The number of carbonyl (C=O) groups is 2. The van der Waals surface area contributed by atoms with Gasteiger partial charge in [0.15, 0.2) is 0 Å². The smallest absolute Gasteiger partial charge is 0.387 e. The lowest BCUT2D eigenvalue weighted by Crippen LogP contribution is -2.34. The number of hydrogen-bond donors (Lipinski definition) is 2. The Morgan fingerprint density at radius 2 is 1.74 bits per heavy atom. The summed E-state index contributed by atoms with van der Waals surface area (Å²) in [6, 6.07) is 14.5. The zero-order chi connectivity index (χ0) is 16.7. The number of halogens is 2. The van der Waals surface area contributed by atoms with Crippen LogP contribution in [0.1, 0.15) is 5.56 Å². The van der Waals surface area contributed by atoms with Crippen molar-refractivity contribution in [1.29, 1.82) is 0 Å². The van der Waals surface area contributed by atoms with Crippen molar-refractivity contribution in [3.63, 3.8) is 0 Å². The molecule has 5 nitrogen and oxygen atoms in total. The summed E-state index contributed by atoms with van der Waals surface area (Å²) in [5.74, 6) is -1.83. The molecule has 0 bridgehead atoms. The van der Waals surface area contributed by atoms with Crippen LogP contribution in [0.2, 0.25) is 0 Å². The fourth-order valence-corrected chi connectivity index (χ4v) is 1.80. The molecule has 120 valence electrons. The van der Waals surface area contributed by atoms with Gasteiger partial charge < -0.3 is 15.4 Å². The zero-order valence-electron chi connectivity index (χ0n) is 12.0. The van der Waals surface area contributed by atoms with Gasteiger partial charge in [0.05, 0.1) is 0 Å². The van der Waals surface area contributed by atoms with Crippen LogP contribution < -0.4 is 15.4 Å². The van der Waals surface area contributed by atoms with E-state index in [1.165, 1.54) is 24.3 Å². The Hall–Kier alpha value is -2.96. The first-order valence-electron chi connectivity index (χ1n) is 6.72. The molecule has 2 rings (SSSR count). The molecule has 0 radical (unpaired) electrons. The van der Waals surface area contributed by atoms with E-state index in [1.807, 2.05) is 30.3 Å². The molecule has 0 aliphatic carbocycles. The van der Waals surface area contributed by atoms with Crippen LogP contribution >= 0.6 is 0 Å². The molecule has 0 aliphatic heterocycles. The van der Waals surface area contributed by atoms with Gasteiger partial charge in [-0.1, -0.05) is 36.4 Å². The van der Waals surface area contributed by atoms with E-state index >= 15 is 0 Å². The number of nitrogens with one attached hydrogen (secondary N) is 2. The number of benzene rings is 2. The van der Waals surface area contributed by atoms with Crippen LogP contribution in [0, 0.1) is 0 Å². The molecule has 0 fully saturated rings. The summed E-state index contributed by atoms with van der Waals surface area (Å²) in [4.78, 5) is 23.5. The highest BCUT2D eigenvalue weighted by molar-refractivity contribution is 6.39. The maximum atomic E-state index is 12.1. The minimum Gasteiger partial charge on any atom is -0.435 e. The Morgan fingerprint density at radius 3 is 2.43 bits per heavy atom. The molecule has 2 aromatic rings. The van der Waals surface area contributed by atoms with Crippen molar-refractivity contribution >= 4 is 17.5 Å². The molecular weight excluding hydrogens is 306 g/mol. The molecule has 2 N–H and O–H groups in total. The number of carbonyl (C=O) groups excluding carboxylic acids is 2. The number of anilines is 1. The van der Waals surface area contributed by atoms with Gasteiger partial charge in [0.2, 0.25) is 0 Å². The number of rotatable bonds is 5. The molecule has 0 aromatic heterocycles. The van der Waals surface area contributed by atoms with Gasteiger partial charge in [-0.3, -0.25) is 9.59 Å². The van der Waals surface area contributed by atoms with Gasteiger partial charge >= 0.3 is 18.4 Å². The lowest BCUT2D eigenvalue weighted by atomic mass is 10.2. The first-order valence-corrected chi connectivity index (χ1v) is 6.72. The molecule has 23 heavy (non-hydrogen) atoms. The molecule has 0 spiro atoms. The van der Waals surface area contributed by atoms with Crippen LogP contribution in [0.4, 0.5) is 14.5 Å². The van der Waals surface area contributed by atoms with E-state index < -0.39 is 18.4 Å². The molecule has 0 saturated carbocycles. The maximum Gasteiger partial charge on any atom is 0.387 e. The van der Waals surface area contributed by atoms with Crippen molar-refractivity contribution in [2.75, 3.05) is 5.32 Å². The summed E-state index contributed by atoms with van der Waals surface area (Å²) in [6.45, 7) is -2.75. The van der Waals surface area contributed by atoms with Crippen LogP contribution in [-0.4, -0.2) is 18.4 Å². The molecule has 2 amide bonds. The Kier molecular flexibility index (Phi) is 5.62. The fourth-order valence-electron chi connectivity index (χ4n) is 1.80. The summed E-state index contributed by atoms with van der Waals surface area (Å²) in [5, 5.41) is 4.78. The number of ether oxygens (including phenoxy) is 1. The molecular formula is C16H14F2N2O3. The average molecular weight is 320 g/mol. The lowest BCUT2D eigenvalue weighted by Gasteiger charge is -2.09. The minimum atomic E-state index is -2.96. The van der Waals surface area contributed by atoms with Crippen LogP contribution in [0.25, 0.3) is 0 Å². The first-order chi connectivity index (χ1) is 11.0. The van der Waals surface area contributed by atoms with Gasteiger partial charge in [-0.2, -0.15) is 8.78 Å². The average Bonchev–Trinajstić information content (AvgIpc) is 2.53. The fraction of sp³-hybridized carbons (Fsp3) is 0.125. The molecule has 0 unspecified atom stereocenters. The SMILES string of the molecule is O=C(NCc1ccccc1)C(=O)Nc1cccc(OC(F)F)c1. The number of alkyl halides is 2. The molecule has 0 atom stereocenters. The van der Waals surface area contributed by atoms with E-state index in [0.29, 0.717) is 0 Å². The summed E-state index contributed by atoms with van der Waals surface area (Å²) in [7, 11) is 0. The highest BCUT2D eigenvalue weighted by Gasteiger charge is 2.14. The topological polar surface area (TPSA) is 67.4 Å². The second-order valence-electron chi connectivity index (χ2n) is 4.53. The van der Waals surface area contributed by atoms with E-state index in [4.69, 9.17) is 0 Å². The van der Waals surface area contributed by atoms with Crippen molar-refractivity contribution in [2.45, 2.75) is 13.2 Å². The molecule has 0 heterocycles. The maximum absolute atomic E-state index is 12.1. The molecule has 7 heteroatoms. The van der Waals surface area contributed by atoms with Crippen LogP contribution in [0.5, 0.6) is 5.75 Å². The van der Waals surface area contributed by atoms with Crippen molar-refractivity contribution in [2.24, 2.45) is 0 Å². The van der Waals surface area contributed by atoms with Gasteiger partial charge in [-0.25, -0.2) is 0 Å². The predicted molar refractivity (Wildman–Crippen MR) is 80.0 cm³/mol. The highest BCUT2D eigenvalue weighted by Crippen LogP contribution is 2.19. The van der Waals surface area contributed by atoms with Crippen molar-refractivity contribution in [1.82, 2.24) is 5.32 Å². The summed E-state index contributed by atoms with van der Waals surface area (Å²) in [6.07, 6.45) is 0. The summed E-state index contributed by atoms with van der Waals surface area (Å²) < 4.78 is 28.5. The second kappa shape index (κ2) is 7.88. The van der Waals surface area contributed by atoms with Crippen LogP contribution in [0.15, 0.2) is 54.6 Å². The Morgan fingerprint density at radius 1 is 1.00 bits per heavy atom. The molecule has 0 aliphatic rings. The van der Waals surface area contributed by atoms with Gasteiger partial charge in [-0.15, -0.1) is 0 Å².